The minimum atomic E-state index is -0.470. The molecule has 23 heavy (non-hydrogen) atoms. The Morgan fingerprint density at radius 3 is 1.96 bits per heavy atom. The average Bonchev–Trinajstić information content (AvgIpc) is 2.60. The molecule has 0 atom stereocenters. The van der Waals surface area contributed by atoms with Gasteiger partial charge in [0.2, 0.25) is 5.91 Å². The second-order valence-electron chi connectivity index (χ2n) is 4.95. The summed E-state index contributed by atoms with van der Waals surface area (Å²) in [4.78, 5) is 22.8. The van der Waals surface area contributed by atoms with Crippen molar-refractivity contribution in [3.05, 3.63) is 71.8 Å². The van der Waals surface area contributed by atoms with Crippen molar-refractivity contribution < 1.29 is 9.59 Å². The Bertz CT molecular complexity index is 592. The van der Waals surface area contributed by atoms with Gasteiger partial charge >= 0.3 is 6.03 Å². The van der Waals surface area contributed by atoms with Crippen molar-refractivity contribution in [1.29, 1.82) is 0 Å². The number of carbonyl (C=O) groups excluding carboxylic acids is 2. The lowest BCUT2D eigenvalue weighted by molar-refractivity contribution is -0.119. The van der Waals surface area contributed by atoms with E-state index in [4.69, 9.17) is 0 Å². The lowest BCUT2D eigenvalue weighted by Crippen LogP contribution is -2.37. The van der Waals surface area contributed by atoms with Gasteiger partial charge in [-0.25, -0.2) is 4.79 Å². The van der Waals surface area contributed by atoms with Crippen molar-refractivity contribution in [3.8, 4) is 0 Å². The molecule has 120 valence electrons. The van der Waals surface area contributed by atoms with Gasteiger partial charge in [0.15, 0.2) is 0 Å². The molecule has 0 aliphatic heterocycles. The van der Waals surface area contributed by atoms with Gasteiger partial charge in [-0.15, -0.1) is 11.8 Å². The first-order valence-corrected chi connectivity index (χ1v) is 8.48. The van der Waals surface area contributed by atoms with Crippen LogP contribution in [0.1, 0.15) is 22.8 Å². The molecule has 2 aromatic rings. The smallest absolute Gasteiger partial charge is 0.321 e. The summed E-state index contributed by atoms with van der Waals surface area (Å²) in [7, 11) is 1.48. The number of thioether (sulfide) groups is 1. The van der Waals surface area contributed by atoms with Crippen molar-refractivity contribution in [1.82, 2.24) is 10.6 Å². The number of nitrogens with one attached hydrogen (secondary N) is 2. The fourth-order valence-corrected chi connectivity index (χ4v) is 3.40. The van der Waals surface area contributed by atoms with Gasteiger partial charge in [-0.2, -0.15) is 0 Å². The van der Waals surface area contributed by atoms with E-state index in [0.717, 1.165) is 0 Å². The Kier molecular flexibility index (Phi) is 6.69. The summed E-state index contributed by atoms with van der Waals surface area (Å²) in [6.07, 6.45) is 0.300. The van der Waals surface area contributed by atoms with Crippen LogP contribution in [-0.2, 0) is 4.79 Å². The SMILES string of the molecule is CNC(=O)NC(=O)CCSC(c1ccccc1)c1ccccc1. The first kappa shape index (κ1) is 17.1. The highest BCUT2D eigenvalue weighted by atomic mass is 32.2. The summed E-state index contributed by atoms with van der Waals surface area (Å²) >= 11 is 1.70. The summed E-state index contributed by atoms with van der Waals surface area (Å²) in [5.74, 6) is 0.369. The van der Waals surface area contributed by atoms with Crippen molar-refractivity contribution in [2.45, 2.75) is 11.7 Å². The zero-order valence-electron chi connectivity index (χ0n) is 13.0. The van der Waals surface area contributed by atoms with Gasteiger partial charge in [-0.1, -0.05) is 60.7 Å². The van der Waals surface area contributed by atoms with E-state index in [-0.39, 0.29) is 11.2 Å². The van der Waals surface area contributed by atoms with Crippen molar-refractivity contribution in [2.24, 2.45) is 0 Å². The fourth-order valence-electron chi connectivity index (χ4n) is 2.16. The molecule has 0 aliphatic carbocycles. The second kappa shape index (κ2) is 9.00. The molecule has 0 aliphatic rings. The molecule has 2 rings (SSSR count). The molecule has 0 spiro atoms. The third-order valence-electron chi connectivity index (χ3n) is 3.30. The molecule has 0 fully saturated rings. The van der Waals surface area contributed by atoms with E-state index in [0.29, 0.717) is 12.2 Å². The molecule has 0 unspecified atom stereocenters. The highest BCUT2D eigenvalue weighted by molar-refractivity contribution is 7.99. The van der Waals surface area contributed by atoms with Gasteiger partial charge in [-0.05, 0) is 11.1 Å². The molecule has 2 aromatic carbocycles. The molecular formula is C18H20N2O2S. The molecule has 0 saturated heterocycles. The van der Waals surface area contributed by atoms with Gasteiger partial charge in [0.1, 0.15) is 0 Å². The maximum absolute atomic E-state index is 11.7. The highest BCUT2D eigenvalue weighted by Crippen LogP contribution is 2.35. The van der Waals surface area contributed by atoms with Crippen LogP contribution in [0.5, 0.6) is 0 Å². The first-order chi connectivity index (χ1) is 11.2. The highest BCUT2D eigenvalue weighted by Gasteiger charge is 2.15. The van der Waals surface area contributed by atoms with Crippen molar-refractivity contribution >= 4 is 23.7 Å². The summed E-state index contributed by atoms with van der Waals surface area (Å²) in [5.41, 5.74) is 2.41. The molecule has 0 bridgehead atoms. The summed E-state index contributed by atoms with van der Waals surface area (Å²) in [6, 6.07) is 20.0. The minimum Gasteiger partial charge on any atom is -0.341 e. The predicted octanol–water partition coefficient (Wildman–Crippen LogP) is 3.35. The lowest BCUT2D eigenvalue weighted by Gasteiger charge is -2.17. The average molecular weight is 328 g/mol. The Morgan fingerprint density at radius 1 is 0.957 bits per heavy atom. The maximum Gasteiger partial charge on any atom is 0.321 e. The normalized spacial score (nSPS) is 10.3. The monoisotopic (exact) mass is 328 g/mol. The van der Waals surface area contributed by atoms with Crippen LogP contribution in [0.4, 0.5) is 4.79 Å². The second-order valence-corrected chi connectivity index (χ2v) is 6.16. The zero-order chi connectivity index (χ0) is 16.5. The fraction of sp³-hybridized carbons (Fsp3) is 0.222. The number of hydrogen-bond acceptors (Lipinski definition) is 3. The maximum atomic E-state index is 11.7. The summed E-state index contributed by atoms with van der Waals surface area (Å²) in [6.45, 7) is 0. The Balaban J connectivity index is 1.99. The van der Waals surface area contributed by atoms with Gasteiger partial charge in [-0.3, -0.25) is 10.1 Å². The third kappa shape index (κ3) is 5.45. The van der Waals surface area contributed by atoms with Gasteiger partial charge in [0.25, 0.3) is 0 Å². The zero-order valence-corrected chi connectivity index (χ0v) is 13.8. The summed E-state index contributed by atoms with van der Waals surface area (Å²) in [5, 5.41) is 4.82. The van der Waals surface area contributed by atoms with Crippen LogP contribution < -0.4 is 10.6 Å². The van der Waals surface area contributed by atoms with Crippen molar-refractivity contribution in [2.75, 3.05) is 12.8 Å². The molecule has 3 amide bonds. The van der Waals surface area contributed by atoms with Gasteiger partial charge in [0, 0.05) is 19.2 Å². The van der Waals surface area contributed by atoms with E-state index in [1.807, 2.05) is 36.4 Å². The van der Waals surface area contributed by atoms with Crippen LogP contribution >= 0.6 is 11.8 Å². The van der Waals surface area contributed by atoms with E-state index >= 15 is 0 Å². The van der Waals surface area contributed by atoms with Crippen LogP contribution in [0.25, 0.3) is 0 Å². The molecule has 4 nitrogen and oxygen atoms in total. The number of amides is 3. The van der Waals surface area contributed by atoms with E-state index in [1.54, 1.807) is 11.8 Å². The largest absolute Gasteiger partial charge is 0.341 e. The van der Waals surface area contributed by atoms with E-state index in [9.17, 15) is 9.59 Å². The van der Waals surface area contributed by atoms with Crippen LogP contribution in [-0.4, -0.2) is 24.7 Å². The van der Waals surface area contributed by atoms with Crippen LogP contribution in [0.3, 0.4) is 0 Å². The quantitative estimate of drug-likeness (QED) is 0.855. The summed E-state index contributed by atoms with van der Waals surface area (Å²) < 4.78 is 0. The number of urea groups is 1. The number of benzene rings is 2. The standard InChI is InChI=1S/C18H20N2O2S/c1-19-18(22)20-16(21)12-13-23-17(14-8-4-2-5-9-14)15-10-6-3-7-11-15/h2-11,17H,12-13H2,1H3,(H2,19,20,21,22). The molecule has 2 N–H and O–H groups in total. The van der Waals surface area contributed by atoms with Crippen LogP contribution in [0.15, 0.2) is 60.7 Å². The Labute approximate surface area is 140 Å². The van der Waals surface area contributed by atoms with Crippen molar-refractivity contribution in [3.63, 3.8) is 0 Å². The number of carbonyl (C=O) groups is 2. The predicted molar refractivity (Wildman–Crippen MR) is 94.4 cm³/mol. The Morgan fingerprint density at radius 2 is 1.48 bits per heavy atom. The number of rotatable bonds is 6. The first-order valence-electron chi connectivity index (χ1n) is 7.43. The molecule has 0 saturated carbocycles. The lowest BCUT2D eigenvalue weighted by atomic mass is 10.0. The molecule has 0 heterocycles. The van der Waals surface area contributed by atoms with Crippen LogP contribution in [0.2, 0.25) is 0 Å². The topological polar surface area (TPSA) is 58.2 Å². The third-order valence-corrected chi connectivity index (χ3v) is 4.62. The number of hydrogen-bond donors (Lipinski definition) is 2. The minimum absolute atomic E-state index is 0.171. The molecule has 0 aromatic heterocycles. The van der Waals surface area contributed by atoms with E-state index in [2.05, 4.69) is 34.9 Å². The Hall–Kier alpha value is -2.27. The molecule has 5 heteroatoms. The molecule has 0 radical (unpaired) electrons. The number of imide groups is 1. The van der Waals surface area contributed by atoms with E-state index < -0.39 is 6.03 Å². The van der Waals surface area contributed by atoms with E-state index in [1.165, 1.54) is 18.2 Å². The van der Waals surface area contributed by atoms with Gasteiger partial charge < -0.3 is 5.32 Å². The van der Waals surface area contributed by atoms with Crippen LogP contribution in [0, 0.1) is 0 Å². The van der Waals surface area contributed by atoms with Gasteiger partial charge in [0.05, 0.1) is 5.25 Å². The molecular weight excluding hydrogens is 308 g/mol.